The van der Waals surface area contributed by atoms with Gasteiger partial charge in [0.1, 0.15) is 0 Å². The minimum atomic E-state index is 0.837. The van der Waals surface area contributed by atoms with Crippen LogP contribution in [0.2, 0.25) is 0 Å². The van der Waals surface area contributed by atoms with Gasteiger partial charge in [0, 0.05) is 24.8 Å². The Morgan fingerprint density at radius 1 is 1.09 bits per heavy atom. The van der Waals surface area contributed by atoms with Crippen molar-refractivity contribution in [3.63, 3.8) is 0 Å². The number of hydrogen-bond donors (Lipinski definition) is 1. The van der Waals surface area contributed by atoms with Crippen LogP contribution in [0.4, 0.5) is 5.69 Å². The number of rotatable bonds is 2. The molecule has 0 bridgehead atoms. The van der Waals surface area contributed by atoms with Gasteiger partial charge in [-0.15, -0.1) is 0 Å². The molecule has 0 unspecified atom stereocenters. The molecule has 1 N–H and O–H groups in total. The summed E-state index contributed by atoms with van der Waals surface area (Å²) < 4.78 is 0. The zero-order chi connectivity index (χ0) is 14.9. The van der Waals surface area contributed by atoms with E-state index in [1.165, 1.54) is 35.2 Å². The van der Waals surface area contributed by atoms with E-state index in [1.807, 2.05) is 12.3 Å². The van der Waals surface area contributed by atoms with Crippen molar-refractivity contribution >= 4 is 16.7 Å². The van der Waals surface area contributed by atoms with Crippen molar-refractivity contribution in [2.45, 2.75) is 26.2 Å². The normalized spacial score (nSPS) is 13.7. The minimum Gasteiger partial charge on any atom is -0.385 e. The monoisotopic (exact) mass is 289 g/mol. The molecule has 1 aliphatic heterocycles. The first kappa shape index (κ1) is 13.3. The molecule has 0 spiro atoms. The van der Waals surface area contributed by atoms with Gasteiger partial charge in [-0.05, 0) is 54.7 Å². The Kier molecular flexibility index (Phi) is 3.26. The van der Waals surface area contributed by atoms with E-state index in [1.54, 1.807) is 0 Å². The quantitative estimate of drug-likeness (QED) is 0.778. The zero-order valence-electron chi connectivity index (χ0n) is 12.8. The number of aromatic nitrogens is 2. The maximum atomic E-state index is 4.77. The third kappa shape index (κ3) is 2.54. The summed E-state index contributed by atoms with van der Waals surface area (Å²) in [6.07, 6.45) is 5.11. The van der Waals surface area contributed by atoms with Gasteiger partial charge in [-0.2, -0.15) is 0 Å². The molecule has 0 saturated carbocycles. The molecular weight excluding hydrogens is 270 g/mol. The molecule has 22 heavy (non-hydrogen) atoms. The number of fused-ring (bicyclic) bond motifs is 2. The number of nitrogens with zero attached hydrogens (tertiary/aromatic N) is 2. The van der Waals surface area contributed by atoms with Crippen LogP contribution >= 0.6 is 0 Å². The second kappa shape index (κ2) is 5.41. The standard InChI is InChI=1S/C19H19N3/c1-13-4-6-18-19(9-13)22-16(12-21-18)11-14-5-7-17-15(10-14)3-2-8-20-17/h4-7,9-10,12,20H,2-3,8,11H2,1H3. The first-order valence-corrected chi connectivity index (χ1v) is 7.86. The summed E-state index contributed by atoms with van der Waals surface area (Å²) in [5, 5.41) is 3.46. The van der Waals surface area contributed by atoms with Crippen LogP contribution in [0.25, 0.3) is 11.0 Å². The highest BCUT2D eigenvalue weighted by atomic mass is 14.9. The second-order valence-corrected chi connectivity index (χ2v) is 6.05. The largest absolute Gasteiger partial charge is 0.385 e. The van der Waals surface area contributed by atoms with Crippen LogP contribution in [0.3, 0.4) is 0 Å². The molecule has 3 heteroatoms. The van der Waals surface area contributed by atoms with E-state index < -0.39 is 0 Å². The van der Waals surface area contributed by atoms with Crippen molar-refractivity contribution in [2.75, 3.05) is 11.9 Å². The van der Waals surface area contributed by atoms with Gasteiger partial charge in [0.15, 0.2) is 0 Å². The molecule has 0 amide bonds. The maximum Gasteiger partial charge on any atom is 0.0892 e. The first-order chi connectivity index (χ1) is 10.8. The van der Waals surface area contributed by atoms with Crippen LogP contribution in [0.1, 0.15) is 28.8 Å². The number of benzene rings is 2. The van der Waals surface area contributed by atoms with Gasteiger partial charge in [0.2, 0.25) is 0 Å². The summed E-state index contributed by atoms with van der Waals surface area (Å²) in [6.45, 7) is 3.17. The van der Waals surface area contributed by atoms with Crippen LogP contribution in [0.15, 0.2) is 42.6 Å². The lowest BCUT2D eigenvalue weighted by Gasteiger charge is -2.18. The lowest BCUT2D eigenvalue weighted by atomic mass is 9.99. The first-order valence-electron chi connectivity index (χ1n) is 7.86. The van der Waals surface area contributed by atoms with Gasteiger partial charge in [-0.25, -0.2) is 4.98 Å². The smallest absolute Gasteiger partial charge is 0.0892 e. The van der Waals surface area contributed by atoms with Crippen LogP contribution in [0, 0.1) is 6.92 Å². The van der Waals surface area contributed by atoms with E-state index in [9.17, 15) is 0 Å². The van der Waals surface area contributed by atoms with Crippen molar-refractivity contribution in [2.24, 2.45) is 0 Å². The number of aryl methyl sites for hydroxylation is 2. The molecule has 0 aliphatic carbocycles. The Morgan fingerprint density at radius 2 is 2.05 bits per heavy atom. The fourth-order valence-electron chi connectivity index (χ4n) is 3.09. The Morgan fingerprint density at radius 3 is 3.00 bits per heavy atom. The summed E-state index contributed by atoms with van der Waals surface area (Å²) >= 11 is 0. The molecule has 110 valence electrons. The fourth-order valence-corrected chi connectivity index (χ4v) is 3.09. The second-order valence-electron chi connectivity index (χ2n) is 6.05. The molecule has 1 aromatic heterocycles. The Labute approximate surface area is 130 Å². The fraction of sp³-hybridized carbons (Fsp3) is 0.263. The Hall–Kier alpha value is -2.42. The lowest BCUT2D eigenvalue weighted by Crippen LogP contribution is -2.11. The Balaban J connectivity index is 1.65. The molecule has 0 saturated heterocycles. The predicted molar refractivity (Wildman–Crippen MR) is 90.3 cm³/mol. The molecule has 2 aromatic carbocycles. The van der Waals surface area contributed by atoms with Gasteiger partial charge < -0.3 is 5.32 Å². The van der Waals surface area contributed by atoms with Crippen molar-refractivity contribution in [3.05, 3.63) is 65.0 Å². The van der Waals surface area contributed by atoms with E-state index in [0.29, 0.717) is 0 Å². The summed E-state index contributed by atoms with van der Waals surface area (Å²) in [5.41, 5.74) is 8.22. The zero-order valence-corrected chi connectivity index (χ0v) is 12.8. The topological polar surface area (TPSA) is 37.8 Å². The van der Waals surface area contributed by atoms with Crippen molar-refractivity contribution in [1.82, 2.24) is 9.97 Å². The number of nitrogens with one attached hydrogen (secondary N) is 1. The Bertz CT molecular complexity index is 839. The van der Waals surface area contributed by atoms with Gasteiger partial charge in [-0.1, -0.05) is 18.2 Å². The third-order valence-electron chi connectivity index (χ3n) is 4.24. The van der Waals surface area contributed by atoms with Crippen molar-refractivity contribution < 1.29 is 0 Å². The van der Waals surface area contributed by atoms with Gasteiger partial charge in [-0.3, -0.25) is 4.98 Å². The SMILES string of the molecule is Cc1ccc2ncc(Cc3ccc4c(c3)CCCN4)nc2c1. The van der Waals surface area contributed by atoms with Gasteiger partial charge in [0.05, 0.1) is 16.7 Å². The molecule has 0 radical (unpaired) electrons. The van der Waals surface area contributed by atoms with Crippen LogP contribution in [0.5, 0.6) is 0 Å². The van der Waals surface area contributed by atoms with E-state index >= 15 is 0 Å². The maximum absolute atomic E-state index is 4.77. The predicted octanol–water partition coefficient (Wildman–Crippen LogP) is 3.89. The molecule has 4 rings (SSSR count). The minimum absolute atomic E-state index is 0.837. The molecule has 1 aliphatic rings. The van der Waals surface area contributed by atoms with Crippen molar-refractivity contribution in [3.8, 4) is 0 Å². The molecule has 2 heterocycles. The van der Waals surface area contributed by atoms with E-state index in [2.05, 4.69) is 47.6 Å². The summed E-state index contributed by atoms with van der Waals surface area (Å²) in [7, 11) is 0. The summed E-state index contributed by atoms with van der Waals surface area (Å²) in [6, 6.07) is 12.9. The third-order valence-corrected chi connectivity index (χ3v) is 4.24. The van der Waals surface area contributed by atoms with Crippen molar-refractivity contribution in [1.29, 1.82) is 0 Å². The highest BCUT2D eigenvalue weighted by Crippen LogP contribution is 2.24. The molecular formula is C19H19N3. The highest BCUT2D eigenvalue weighted by molar-refractivity contribution is 5.74. The summed E-state index contributed by atoms with van der Waals surface area (Å²) in [5.74, 6) is 0. The molecule has 0 atom stereocenters. The summed E-state index contributed by atoms with van der Waals surface area (Å²) in [4.78, 5) is 9.30. The van der Waals surface area contributed by atoms with Gasteiger partial charge in [0.25, 0.3) is 0 Å². The van der Waals surface area contributed by atoms with Crippen LogP contribution < -0.4 is 5.32 Å². The van der Waals surface area contributed by atoms with E-state index in [0.717, 1.165) is 29.7 Å². The molecule has 0 fully saturated rings. The lowest BCUT2D eigenvalue weighted by molar-refractivity contribution is 0.828. The average molecular weight is 289 g/mol. The van der Waals surface area contributed by atoms with E-state index in [-0.39, 0.29) is 0 Å². The molecule has 3 aromatic rings. The highest BCUT2D eigenvalue weighted by Gasteiger charge is 2.09. The number of hydrogen-bond acceptors (Lipinski definition) is 3. The van der Waals surface area contributed by atoms with E-state index in [4.69, 9.17) is 4.98 Å². The number of anilines is 1. The average Bonchev–Trinajstić information content (AvgIpc) is 2.54. The molecule has 3 nitrogen and oxygen atoms in total. The van der Waals surface area contributed by atoms with Crippen LogP contribution in [-0.4, -0.2) is 16.5 Å². The van der Waals surface area contributed by atoms with Gasteiger partial charge >= 0.3 is 0 Å². The van der Waals surface area contributed by atoms with Crippen LogP contribution in [-0.2, 0) is 12.8 Å².